The second kappa shape index (κ2) is 3.72. The molecule has 2 N–H and O–H groups in total. The lowest BCUT2D eigenvalue weighted by Crippen LogP contribution is -2.04. The Kier molecular flexibility index (Phi) is 2.87. The highest BCUT2D eigenvalue weighted by molar-refractivity contribution is 5.23. The minimum atomic E-state index is 0.407. The fraction of sp³-hybridized carbons (Fsp3) is 0.667. The largest absolute Gasteiger partial charge is 0.361 e. The smallest absolute Gasteiger partial charge is 0.142 e. The monoisotopic (exact) mass is 168 g/mol. The van der Waals surface area contributed by atoms with Gasteiger partial charge in [0.15, 0.2) is 0 Å². The zero-order chi connectivity index (χ0) is 9.14. The first-order chi connectivity index (χ1) is 5.66. The Morgan fingerprint density at radius 2 is 2.17 bits per heavy atom. The summed E-state index contributed by atoms with van der Waals surface area (Å²) in [6.45, 7) is 6.86. The van der Waals surface area contributed by atoms with E-state index in [9.17, 15) is 0 Å². The lowest BCUT2D eigenvalue weighted by molar-refractivity contribution is 0.365. The zero-order valence-electron chi connectivity index (χ0n) is 7.92. The quantitative estimate of drug-likeness (QED) is 0.746. The van der Waals surface area contributed by atoms with Gasteiger partial charge < -0.3 is 10.3 Å². The molecule has 0 unspecified atom stereocenters. The lowest BCUT2D eigenvalue weighted by atomic mass is 10.1. The molecule has 0 aromatic carbocycles. The predicted molar refractivity (Wildman–Crippen MR) is 48.1 cm³/mol. The Bertz CT molecular complexity index is 253. The molecule has 0 bridgehead atoms. The van der Waals surface area contributed by atoms with Crippen molar-refractivity contribution in [1.82, 2.24) is 5.16 Å². The molecule has 0 fully saturated rings. The molecule has 0 aliphatic heterocycles. The van der Waals surface area contributed by atoms with E-state index in [1.807, 2.05) is 6.92 Å². The van der Waals surface area contributed by atoms with Crippen molar-refractivity contribution in [2.75, 3.05) is 6.54 Å². The maximum atomic E-state index is 5.43. The molecule has 1 rings (SSSR count). The number of nitrogens with two attached hydrogens (primary N) is 1. The Balaban J connectivity index is 2.88. The van der Waals surface area contributed by atoms with E-state index in [1.54, 1.807) is 0 Å². The normalized spacial score (nSPS) is 11.1. The Hall–Kier alpha value is -0.830. The van der Waals surface area contributed by atoms with Crippen LogP contribution in [-0.4, -0.2) is 11.7 Å². The summed E-state index contributed by atoms with van der Waals surface area (Å²) in [4.78, 5) is 0. The van der Waals surface area contributed by atoms with E-state index in [0.29, 0.717) is 12.5 Å². The van der Waals surface area contributed by atoms with E-state index >= 15 is 0 Å². The van der Waals surface area contributed by atoms with E-state index in [2.05, 4.69) is 19.0 Å². The van der Waals surface area contributed by atoms with Gasteiger partial charge in [-0.3, -0.25) is 0 Å². The van der Waals surface area contributed by atoms with Gasteiger partial charge in [0.1, 0.15) is 5.76 Å². The molecule has 0 aliphatic rings. The molecule has 1 aromatic rings. The predicted octanol–water partition coefficient (Wildman–Crippen LogP) is 1.61. The van der Waals surface area contributed by atoms with Crippen molar-refractivity contribution >= 4 is 0 Å². The van der Waals surface area contributed by atoms with Gasteiger partial charge in [-0.2, -0.15) is 0 Å². The van der Waals surface area contributed by atoms with Crippen molar-refractivity contribution in [3.05, 3.63) is 17.0 Å². The van der Waals surface area contributed by atoms with Crippen LogP contribution in [0.5, 0.6) is 0 Å². The van der Waals surface area contributed by atoms with E-state index in [4.69, 9.17) is 10.3 Å². The second-order valence-corrected chi connectivity index (χ2v) is 3.31. The standard InChI is InChI=1S/C9H16N2O/c1-6(2)9-7(3)8(4-5-10)11-12-9/h6H,4-5,10H2,1-3H3. The van der Waals surface area contributed by atoms with Crippen molar-refractivity contribution in [3.8, 4) is 0 Å². The molecule has 0 atom stereocenters. The molecule has 0 saturated heterocycles. The first-order valence-electron chi connectivity index (χ1n) is 4.32. The summed E-state index contributed by atoms with van der Waals surface area (Å²) in [5.74, 6) is 1.39. The number of aromatic nitrogens is 1. The van der Waals surface area contributed by atoms with Crippen molar-refractivity contribution in [1.29, 1.82) is 0 Å². The first kappa shape index (κ1) is 9.26. The SMILES string of the molecule is Cc1c(CCN)noc1C(C)C. The van der Waals surface area contributed by atoms with Crippen LogP contribution in [0.4, 0.5) is 0 Å². The molecule has 3 heteroatoms. The molecule has 0 amide bonds. The third-order valence-electron chi connectivity index (χ3n) is 1.96. The summed E-state index contributed by atoms with van der Waals surface area (Å²) >= 11 is 0. The molecular formula is C9H16N2O. The molecule has 0 saturated carbocycles. The van der Waals surface area contributed by atoms with Crippen LogP contribution in [-0.2, 0) is 6.42 Å². The van der Waals surface area contributed by atoms with Crippen LogP contribution in [0.15, 0.2) is 4.52 Å². The topological polar surface area (TPSA) is 52.0 Å². The van der Waals surface area contributed by atoms with Crippen molar-refractivity contribution in [2.45, 2.75) is 33.1 Å². The number of nitrogens with zero attached hydrogens (tertiary/aromatic N) is 1. The van der Waals surface area contributed by atoms with Crippen molar-refractivity contribution in [2.24, 2.45) is 5.73 Å². The van der Waals surface area contributed by atoms with Crippen LogP contribution in [0.3, 0.4) is 0 Å². The summed E-state index contributed by atoms with van der Waals surface area (Å²) < 4.78 is 5.20. The van der Waals surface area contributed by atoms with Gasteiger partial charge in [-0.25, -0.2) is 0 Å². The lowest BCUT2D eigenvalue weighted by Gasteiger charge is -1.99. The van der Waals surface area contributed by atoms with E-state index < -0.39 is 0 Å². The minimum absolute atomic E-state index is 0.407. The van der Waals surface area contributed by atoms with Crippen LogP contribution in [0, 0.1) is 6.92 Å². The Morgan fingerprint density at radius 3 is 2.58 bits per heavy atom. The summed E-state index contributed by atoms with van der Waals surface area (Å²) in [5, 5.41) is 3.97. The van der Waals surface area contributed by atoms with Crippen molar-refractivity contribution in [3.63, 3.8) is 0 Å². The molecule has 3 nitrogen and oxygen atoms in total. The maximum Gasteiger partial charge on any atom is 0.142 e. The van der Waals surface area contributed by atoms with E-state index in [1.165, 1.54) is 0 Å². The average Bonchev–Trinajstić information content (AvgIpc) is 2.34. The summed E-state index contributed by atoms with van der Waals surface area (Å²) in [6, 6.07) is 0. The Morgan fingerprint density at radius 1 is 1.50 bits per heavy atom. The van der Waals surface area contributed by atoms with E-state index in [0.717, 1.165) is 23.4 Å². The van der Waals surface area contributed by atoms with Gasteiger partial charge in [-0.15, -0.1) is 0 Å². The molecular weight excluding hydrogens is 152 g/mol. The summed E-state index contributed by atoms with van der Waals surface area (Å²) in [5.41, 5.74) is 7.60. The van der Waals surface area contributed by atoms with E-state index in [-0.39, 0.29) is 0 Å². The summed E-state index contributed by atoms with van der Waals surface area (Å²) in [6.07, 6.45) is 0.808. The van der Waals surface area contributed by atoms with Gasteiger partial charge in [0.2, 0.25) is 0 Å². The molecule has 12 heavy (non-hydrogen) atoms. The summed E-state index contributed by atoms with van der Waals surface area (Å²) in [7, 11) is 0. The molecule has 0 radical (unpaired) electrons. The molecule has 0 aliphatic carbocycles. The molecule has 1 heterocycles. The third kappa shape index (κ3) is 1.67. The van der Waals surface area contributed by atoms with Gasteiger partial charge in [-0.05, 0) is 13.5 Å². The Labute approximate surface area is 72.9 Å². The highest BCUT2D eigenvalue weighted by atomic mass is 16.5. The van der Waals surface area contributed by atoms with Gasteiger partial charge in [-0.1, -0.05) is 19.0 Å². The van der Waals surface area contributed by atoms with Gasteiger partial charge in [0.05, 0.1) is 5.69 Å². The van der Waals surface area contributed by atoms with Crippen molar-refractivity contribution < 1.29 is 4.52 Å². The van der Waals surface area contributed by atoms with Crippen LogP contribution in [0.25, 0.3) is 0 Å². The zero-order valence-corrected chi connectivity index (χ0v) is 7.92. The van der Waals surface area contributed by atoms with Gasteiger partial charge in [0.25, 0.3) is 0 Å². The maximum absolute atomic E-state index is 5.43. The number of hydrogen-bond donors (Lipinski definition) is 1. The minimum Gasteiger partial charge on any atom is -0.361 e. The molecule has 1 aromatic heterocycles. The van der Waals surface area contributed by atoms with Crippen LogP contribution < -0.4 is 5.73 Å². The van der Waals surface area contributed by atoms with Gasteiger partial charge in [0, 0.05) is 17.9 Å². The second-order valence-electron chi connectivity index (χ2n) is 3.31. The fourth-order valence-electron chi connectivity index (χ4n) is 1.29. The van der Waals surface area contributed by atoms with Crippen LogP contribution in [0.1, 0.15) is 36.8 Å². The average molecular weight is 168 g/mol. The number of rotatable bonds is 3. The van der Waals surface area contributed by atoms with Crippen LogP contribution >= 0.6 is 0 Å². The fourth-order valence-corrected chi connectivity index (χ4v) is 1.29. The highest BCUT2D eigenvalue weighted by Crippen LogP contribution is 2.21. The third-order valence-corrected chi connectivity index (χ3v) is 1.96. The number of hydrogen-bond acceptors (Lipinski definition) is 3. The van der Waals surface area contributed by atoms with Crippen LogP contribution in [0.2, 0.25) is 0 Å². The molecule has 0 spiro atoms. The first-order valence-corrected chi connectivity index (χ1v) is 4.32. The molecule has 68 valence electrons. The van der Waals surface area contributed by atoms with Gasteiger partial charge >= 0.3 is 0 Å². The highest BCUT2D eigenvalue weighted by Gasteiger charge is 2.13.